The lowest BCUT2D eigenvalue weighted by molar-refractivity contribution is -0.121. The first-order valence-electron chi connectivity index (χ1n) is 6.17. The molecular weight excluding hydrogens is 244 g/mol. The van der Waals surface area contributed by atoms with Crippen molar-refractivity contribution < 1.29 is 9.32 Å². The lowest BCUT2D eigenvalue weighted by Gasteiger charge is -2.09. The van der Waals surface area contributed by atoms with Crippen molar-refractivity contribution in [3.05, 3.63) is 42.0 Å². The van der Waals surface area contributed by atoms with Crippen LogP contribution in [0.1, 0.15) is 23.7 Å². The number of anilines is 1. The van der Waals surface area contributed by atoms with Crippen molar-refractivity contribution >= 4 is 11.6 Å². The monoisotopic (exact) mass is 258 g/mol. The first-order chi connectivity index (χ1) is 9.33. The highest BCUT2D eigenvalue weighted by Crippen LogP contribution is 2.32. The fraction of sp³-hybridized carbons (Fsp3) is 0.308. The molecule has 0 saturated carbocycles. The Morgan fingerprint density at radius 2 is 2.37 bits per heavy atom. The van der Waals surface area contributed by atoms with Gasteiger partial charge in [-0.3, -0.25) is 4.79 Å². The van der Waals surface area contributed by atoms with Crippen LogP contribution in [0.4, 0.5) is 5.69 Å². The van der Waals surface area contributed by atoms with Crippen molar-refractivity contribution in [1.82, 2.24) is 15.5 Å². The molecule has 1 aromatic carbocycles. The molecule has 6 nitrogen and oxygen atoms in total. The molecule has 3 rings (SSSR count). The topological polar surface area (TPSA) is 80.0 Å². The van der Waals surface area contributed by atoms with E-state index in [4.69, 9.17) is 0 Å². The predicted octanol–water partition coefficient (Wildman–Crippen LogP) is 1.29. The summed E-state index contributed by atoms with van der Waals surface area (Å²) in [7, 11) is 0. The molecule has 0 bridgehead atoms. The molecule has 0 radical (unpaired) electrons. The number of hydrogen-bond acceptors (Lipinski definition) is 5. The van der Waals surface area contributed by atoms with E-state index in [-0.39, 0.29) is 11.8 Å². The Hall–Kier alpha value is -2.37. The number of para-hydroxylation sites is 1. The van der Waals surface area contributed by atoms with Gasteiger partial charge in [-0.05, 0) is 11.6 Å². The summed E-state index contributed by atoms with van der Waals surface area (Å²) in [4.78, 5) is 15.7. The number of rotatable bonds is 4. The lowest BCUT2D eigenvalue weighted by Crippen LogP contribution is -2.25. The average molecular weight is 258 g/mol. The summed E-state index contributed by atoms with van der Waals surface area (Å²) in [5.74, 6) is 0.702. The smallest absolute Gasteiger partial charge is 0.221 e. The molecule has 1 aromatic heterocycles. The van der Waals surface area contributed by atoms with Gasteiger partial charge < -0.3 is 15.2 Å². The minimum Gasteiger partial charge on any atom is -0.384 e. The van der Waals surface area contributed by atoms with E-state index in [1.54, 1.807) is 0 Å². The Balaban J connectivity index is 1.56. The van der Waals surface area contributed by atoms with E-state index in [2.05, 4.69) is 31.4 Å². The molecule has 1 unspecified atom stereocenters. The number of nitrogens with zero attached hydrogens (tertiary/aromatic N) is 2. The molecule has 6 heteroatoms. The van der Waals surface area contributed by atoms with E-state index in [1.807, 2.05) is 18.2 Å². The highest BCUT2D eigenvalue weighted by Gasteiger charge is 2.23. The predicted molar refractivity (Wildman–Crippen MR) is 68.4 cm³/mol. The highest BCUT2D eigenvalue weighted by atomic mass is 16.5. The summed E-state index contributed by atoms with van der Waals surface area (Å²) in [5.41, 5.74) is 2.33. The van der Waals surface area contributed by atoms with Gasteiger partial charge >= 0.3 is 0 Å². The van der Waals surface area contributed by atoms with Gasteiger partial charge in [-0.25, -0.2) is 0 Å². The van der Waals surface area contributed by atoms with Gasteiger partial charge in [0.05, 0.1) is 6.54 Å². The SMILES string of the molecule is O=C(CC1CNc2ccccc21)NCc1ncon1. The fourth-order valence-electron chi connectivity index (χ4n) is 2.28. The molecular formula is C13H14N4O2. The fourth-order valence-corrected chi connectivity index (χ4v) is 2.28. The van der Waals surface area contributed by atoms with E-state index >= 15 is 0 Å². The van der Waals surface area contributed by atoms with Gasteiger partial charge in [-0.2, -0.15) is 4.98 Å². The Kier molecular flexibility index (Phi) is 3.14. The molecule has 98 valence electrons. The van der Waals surface area contributed by atoms with Crippen LogP contribution in [-0.2, 0) is 11.3 Å². The van der Waals surface area contributed by atoms with Crippen LogP contribution in [0.2, 0.25) is 0 Å². The Morgan fingerprint density at radius 3 is 3.21 bits per heavy atom. The summed E-state index contributed by atoms with van der Waals surface area (Å²) < 4.78 is 4.60. The second-order valence-corrected chi connectivity index (χ2v) is 4.49. The summed E-state index contributed by atoms with van der Waals surface area (Å²) in [6.07, 6.45) is 1.71. The summed E-state index contributed by atoms with van der Waals surface area (Å²) >= 11 is 0. The number of amides is 1. The molecule has 2 aromatic rings. The Bertz CT molecular complexity index is 568. The number of carbonyl (C=O) groups excluding carboxylic acids is 1. The third kappa shape index (κ3) is 2.57. The number of carbonyl (C=O) groups is 1. The molecule has 0 spiro atoms. The van der Waals surface area contributed by atoms with E-state index in [1.165, 1.54) is 12.0 Å². The van der Waals surface area contributed by atoms with Gasteiger partial charge in [-0.1, -0.05) is 23.4 Å². The van der Waals surface area contributed by atoms with E-state index < -0.39 is 0 Å². The minimum atomic E-state index is -0.00620. The van der Waals surface area contributed by atoms with Gasteiger partial charge in [0.2, 0.25) is 12.3 Å². The van der Waals surface area contributed by atoms with Crippen LogP contribution in [0.3, 0.4) is 0 Å². The molecule has 2 N–H and O–H groups in total. The normalized spacial score (nSPS) is 16.7. The molecule has 0 aliphatic carbocycles. The molecule has 1 atom stereocenters. The average Bonchev–Trinajstić information content (AvgIpc) is 3.07. The first kappa shape index (κ1) is 11.7. The summed E-state index contributed by atoms with van der Waals surface area (Å²) in [5, 5.41) is 9.74. The van der Waals surface area contributed by atoms with Gasteiger partial charge in [0.25, 0.3) is 0 Å². The van der Waals surface area contributed by atoms with Crippen LogP contribution in [-0.4, -0.2) is 22.6 Å². The quantitative estimate of drug-likeness (QED) is 0.863. The Morgan fingerprint density at radius 1 is 1.47 bits per heavy atom. The number of fused-ring (bicyclic) bond motifs is 1. The van der Waals surface area contributed by atoms with Crippen molar-refractivity contribution in [3.63, 3.8) is 0 Å². The maximum Gasteiger partial charge on any atom is 0.221 e. The number of hydrogen-bond donors (Lipinski definition) is 2. The van der Waals surface area contributed by atoms with E-state index in [0.29, 0.717) is 18.8 Å². The van der Waals surface area contributed by atoms with Gasteiger partial charge in [0.1, 0.15) is 0 Å². The molecule has 1 amide bonds. The van der Waals surface area contributed by atoms with Gasteiger partial charge in [-0.15, -0.1) is 0 Å². The third-order valence-electron chi connectivity index (χ3n) is 3.22. The third-order valence-corrected chi connectivity index (χ3v) is 3.22. The van der Waals surface area contributed by atoms with Crippen molar-refractivity contribution in [2.45, 2.75) is 18.9 Å². The maximum absolute atomic E-state index is 11.9. The van der Waals surface area contributed by atoms with Crippen LogP contribution in [0.5, 0.6) is 0 Å². The molecule has 1 aliphatic heterocycles. The van der Waals surface area contributed by atoms with Gasteiger partial charge in [0, 0.05) is 24.6 Å². The number of aromatic nitrogens is 2. The van der Waals surface area contributed by atoms with E-state index in [0.717, 1.165) is 12.2 Å². The largest absolute Gasteiger partial charge is 0.384 e. The number of nitrogens with one attached hydrogen (secondary N) is 2. The Labute approximate surface area is 110 Å². The highest BCUT2D eigenvalue weighted by molar-refractivity contribution is 5.78. The first-order valence-corrected chi connectivity index (χ1v) is 6.17. The summed E-state index contributed by atoms with van der Waals surface area (Å²) in [6, 6.07) is 8.08. The molecule has 19 heavy (non-hydrogen) atoms. The molecule has 0 saturated heterocycles. The van der Waals surface area contributed by atoms with Crippen molar-refractivity contribution in [2.24, 2.45) is 0 Å². The zero-order valence-electron chi connectivity index (χ0n) is 10.3. The molecule has 2 heterocycles. The standard InChI is InChI=1S/C13H14N4O2/c18-13(15-7-12-16-8-19-17-12)5-9-6-14-11-4-2-1-3-10(9)11/h1-4,8-9,14H,5-7H2,(H,15,18). The van der Waals surface area contributed by atoms with Crippen LogP contribution < -0.4 is 10.6 Å². The zero-order valence-corrected chi connectivity index (χ0v) is 10.3. The molecule has 0 fully saturated rings. The van der Waals surface area contributed by atoms with Gasteiger partial charge in [0.15, 0.2) is 5.82 Å². The van der Waals surface area contributed by atoms with Crippen LogP contribution in [0, 0.1) is 0 Å². The second kappa shape index (κ2) is 5.09. The maximum atomic E-state index is 11.9. The second-order valence-electron chi connectivity index (χ2n) is 4.49. The van der Waals surface area contributed by atoms with Crippen LogP contribution in [0.25, 0.3) is 0 Å². The zero-order chi connectivity index (χ0) is 13.1. The minimum absolute atomic E-state index is 0.00620. The van der Waals surface area contributed by atoms with E-state index in [9.17, 15) is 4.79 Å². The van der Waals surface area contributed by atoms with Crippen LogP contribution >= 0.6 is 0 Å². The van der Waals surface area contributed by atoms with Crippen molar-refractivity contribution in [2.75, 3.05) is 11.9 Å². The molecule has 1 aliphatic rings. The van der Waals surface area contributed by atoms with Crippen molar-refractivity contribution in [3.8, 4) is 0 Å². The summed E-state index contributed by atoms with van der Waals surface area (Å²) in [6.45, 7) is 1.10. The number of benzene rings is 1. The van der Waals surface area contributed by atoms with Crippen LogP contribution in [0.15, 0.2) is 35.2 Å². The van der Waals surface area contributed by atoms with Crippen molar-refractivity contribution in [1.29, 1.82) is 0 Å². The lowest BCUT2D eigenvalue weighted by atomic mass is 9.98.